The molecular formula is C29H40N7O4+. The molecule has 3 saturated heterocycles. The fraction of sp³-hybridized carbons (Fsp3) is 0.586. The van der Waals surface area contributed by atoms with E-state index in [9.17, 15) is 9.59 Å². The van der Waals surface area contributed by atoms with Crippen LogP contribution in [0.3, 0.4) is 0 Å². The highest BCUT2D eigenvalue weighted by Gasteiger charge is 2.38. The van der Waals surface area contributed by atoms with Crippen molar-refractivity contribution in [3.05, 3.63) is 30.7 Å². The van der Waals surface area contributed by atoms with Crippen molar-refractivity contribution in [1.29, 1.82) is 0 Å². The van der Waals surface area contributed by atoms with Gasteiger partial charge < -0.3 is 25.0 Å². The number of pyridine rings is 1. The van der Waals surface area contributed by atoms with Crippen molar-refractivity contribution < 1.29 is 23.6 Å². The first-order valence-electron chi connectivity index (χ1n) is 14.4. The van der Waals surface area contributed by atoms with Crippen LogP contribution in [0.2, 0.25) is 0 Å². The molecule has 214 valence electrons. The van der Waals surface area contributed by atoms with E-state index in [1.807, 2.05) is 35.5 Å². The van der Waals surface area contributed by atoms with Crippen LogP contribution in [-0.2, 0) is 9.53 Å². The Hall–Kier alpha value is -3.60. The van der Waals surface area contributed by atoms with Crippen molar-refractivity contribution in [2.45, 2.75) is 71.1 Å². The fourth-order valence-corrected chi connectivity index (χ4v) is 5.64. The molecule has 0 radical (unpaired) electrons. The molecule has 2 unspecified atom stereocenters. The Morgan fingerprint density at radius 1 is 1.05 bits per heavy atom. The van der Waals surface area contributed by atoms with Gasteiger partial charge in [-0.2, -0.15) is 4.58 Å². The fourth-order valence-electron chi connectivity index (χ4n) is 5.64. The van der Waals surface area contributed by atoms with Gasteiger partial charge in [-0.25, -0.2) is 24.5 Å². The summed E-state index contributed by atoms with van der Waals surface area (Å²) in [6.07, 6.45) is 9.27. The topological polar surface area (TPSA) is 127 Å². The zero-order valence-corrected chi connectivity index (χ0v) is 23.7. The van der Waals surface area contributed by atoms with Crippen LogP contribution < -0.4 is 15.4 Å². The number of rotatable bonds is 6. The maximum absolute atomic E-state index is 12.4. The quantitative estimate of drug-likeness (QED) is 0.540. The van der Waals surface area contributed by atoms with Gasteiger partial charge in [-0.1, -0.05) is 0 Å². The van der Waals surface area contributed by atoms with Crippen molar-refractivity contribution in [2.24, 2.45) is 11.7 Å². The highest BCUT2D eigenvalue weighted by molar-refractivity contribution is 5.95. The molecule has 0 aromatic carbocycles. The summed E-state index contributed by atoms with van der Waals surface area (Å²) in [6.45, 7) is 9.03. The number of carbonyl (C=O) groups excluding carboxylic acids is 2. The van der Waals surface area contributed by atoms with Crippen LogP contribution in [0.25, 0.3) is 11.1 Å². The number of nitrogens with zero attached hydrogens (tertiary/aromatic N) is 6. The predicted octanol–water partition coefficient (Wildman–Crippen LogP) is 2.87. The molecule has 3 aliphatic rings. The van der Waals surface area contributed by atoms with Gasteiger partial charge >= 0.3 is 12.0 Å². The van der Waals surface area contributed by atoms with E-state index in [4.69, 9.17) is 15.2 Å². The monoisotopic (exact) mass is 550 g/mol. The normalized spacial score (nSPS) is 23.0. The number of carbonyl (C=O) groups is 2. The molecular weight excluding hydrogens is 510 g/mol. The summed E-state index contributed by atoms with van der Waals surface area (Å²) < 4.78 is 13.3. The van der Waals surface area contributed by atoms with Gasteiger partial charge in [-0.3, -0.25) is 0 Å². The van der Waals surface area contributed by atoms with Crippen molar-refractivity contribution in [3.8, 4) is 17.0 Å². The molecule has 2 atom stereocenters. The molecule has 5 heterocycles. The van der Waals surface area contributed by atoms with Crippen LogP contribution in [0.5, 0.6) is 5.88 Å². The number of piperidine rings is 2. The van der Waals surface area contributed by atoms with Crippen LogP contribution in [-0.4, -0.2) is 93.1 Å². The summed E-state index contributed by atoms with van der Waals surface area (Å²) in [4.78, 5) is 42.0. The van der Waals surface area contributed by atoms with E-state index in [-0.39, 0.29) is 30.3 Å². The van der Waals surface area contributed by atoms with Gasteiger partial charge in [0.05, 0.1) is 12.5 Å². The number of aromatic nitrogens is 3. The second-order valence-corrected chi connectivity index (χ2v) is 11.2. The number of nitrogens with two attached hydrogens (primary N) is 1. The largest absolute Gasteiger partial charge is 0.474 e. The molecule has 2 aromatic heterocycles. The van der Waals surface area contributed by atoms with E-state index in [2.05, 4.69) is 21.9 Å². The summed E-state index contributed by atoms with van der Waals surface area (Å²) in [5.74, 6) is 1.67. The third kappa shape index (κ3) is 6.41. The first kappa shape index (κ1) is 27.9. The van der Waals surface area contributed by atoms with E-state index in [1.54, 1.807) is 23.5 Å². The Bertz CT molecular complexity index is 1220. The molecule has 0 aliphatic carbocycles. The Morgan fingerprint density at radius 3 is 2.42 bits per heavy atom. The number of likely N-dealkylation sites (tertiary alicyclic amines) is 1. The summed E-state index contributed by atoms with van der Waals surface area (Å²) >= 11 is 0. The number of anilines is 1. The van der Waals surface area contributed by atoms with E-state index in [0.717, 1.165) is 49.1 Å². The van der Waals surface area contributed by atoms with E-state index >= 15 is 0 Å². The molecule has 2 amide bonds. The van der Waals surface area contributed by atoms with Gasteiger partial charge in [-0.05, 0) is 52.0 Å². The SMILES string of the molecule is CC(C)OC(=O)N1CCC(C(C)Oc2ccc(-c3cnc(N4CC(=[N+]5CCCCC5=O)C(N)C4)nc3)cn2)CC1. The Morgan fingerprint density at radius 2 is 1.77 bits per heavy atom. The van der Waals surface area contributed by atoms with Crippen LogP contribution in [0.15, 0.2) is 30.7 Å². The first-order valence-corrected chi connectivity index (χ1v) is 14.4. The minimum absolute atomic E-state index is 0.0157. The van der Waals surface area contributed by atoms with Gasteiger partial charge in [0.15, 0.2) is 12.3 Å². The van der Waals surface area contributed by atoms with Crippen LogP contribution in [0.1, 0.15) is 52.9 Å². The Labute approximate surface area is 235 Å². The Kier molecular flexibility index (Phi) is 8.58. The minimum Gasteiger partial charge on any atom is -0.474 e. The van der Waals surface area contributed by atoms with Crippen molar-refractivity contribution in [1.82, 2.24) is 19.9 Å². The summed E-state index contributed by atoms with van der Waals surface area (Å²) in [5.41, 5.74) is 9.10. The minimum atomic E-state index is -0.239. The molecule has 0 saturated carbocycles. The maximum Gasteiger partial charge on any atom is 0.410 e. The standard InChI is InChI=1S/C29H40N7O4/c1-19(2)39-29(38)34-12-9-21(10-13-34)20(3)40-26-8-7-22(14-31-26)23-15-32-28(33-16-23)35-17-24(30)25(18-35)36-11-5-4-6-27(36)37/h7-8,14-16,19-21,24H,4-6,9-13,17-18,30H2,1-3H3/q+1. The lowest BCUT2D eigenvalue weighted by atomic mass is 9.92. The molecule has 5 rings (SSSR count). The number of ether oxygens (including phenoxy) is 2. The summed E-state index contributed by atoms with van der Waals surface area (Å²) in [6, 6.07) is 3.63. The first-order chi connectivity index (χ1) is 19.3. The number of hydrogen-bond acceptors (Lipinski definition) is 9. The van der Waals surface area contributed by atoms with Crippen molar-refractivity contribution >= 4 is 23.7 Å². The smallest absolute Gasteiger partial charge is 0.410 e. The Balaban J connectivity index is 1.15. The van der Waals surface area contributed by atoms with E-state index in [0.29, 0.717) is 50.3 Å². The summed E-state index contributed by atoms with van der Waals surface area (Å²) in [5, 5.41) is 0. The molecule has 3 fully saturated rings. The molecule has 2 aromatic rings. The third-order valence-corrected chi connectivity index (χ3v) is 7.96. The van der Waals surface area contributed by atoms with Crippen LogP contribution >= 0.6 is 0 Å². The van der Waals surface area contributed by atoms with Gasteiger partial charge in [0.25, 0.3) is 0 Å². The van der Waals surface area contributed by atoms with Crippen molar-refractivity contribution in [3.63, 3.8) is 0 Å². The molecule has 11 heteroatoms. The van der Waals surface area contributed by atoms with Gasteiger partial charge in [0.2, 0.25) is 11.8 Å². The molecule has 2 N–H and O–H groups in total. The lowest BCUT2D eigenvalue weighted by Gasteiger charge is -2.34. The lowest BCUT2D eigenvalue weighted by Crippen LogP contribution is -2.42. The zero-order chi connectivity index (χ0) is 28.2. The van der Waals surface area contributed by atoms with Gasteiger partial charge in [0, 0.05) is 61.8 Å². The highest BCUT2D eigenvalue weighted by atomic mass is 16.6. The maximum atomic E-state index is 12.4. The average molecular weight is 551 g/mol. The number of hydrogen-bond donors (Lipinski definition) is 1. The zero-order valence-electron chi connectivity index (χ0n) is 23.7. The van der Waals surface area contributed by atoms with Gasteiger partial charge in [0.1, 0.15) is 18.7 Å². The van der Waals surface area contributed by atoms with Gasteiger partial charge in [-0.15, -0.1) is 0 Å². The van der Waals surface area contributed by atoms with E-state index in [1.165, 1.54) is 0 Å². The molecule has 3 aliphatic heterocycles. The predicted molar refractivity (Wildman–Crippen MR) is 150 cm³/mol. The third-order valence-electron chi connectivity index (χ3n) is 7.96. The van der Waals surface area contributed by atoms with Crippen molar-refractivity contribution in [2.75, 3.05) is 37.6 Å². The molecule has 40 heavy (non-hydrogen) atoms. The average Bonchev–Trinajstić information content (AvgIpc) is 3.34. The number of amides is 2. The molecule has 0 bridgehead atoms. The molecule has 11 nitrogen and oxygen atoms in total. The summed E-state index contributed by atoms with van der Waals surface area (Å²) in [7, 11) is 0. The lowest BCUT2D eigenvalue weighted by molar-refractivity contribution is -0.458. The molecule has 0 spiro atoms. The highest BCUT2D eigenvalue weighted by Crippen LogP contribution is 2.26. The van der Waals surface area contributed by atoms with E-state index < -0.39 is 0 Å². The second kappa shape index (κ2) is 12.3. The van der Waals surface area contributed by atoms with Crippen LogP contribution in [0.4, 0.5) is 10.7 Å². The van der Waals surface area contributed by atoms with Crippen LogP contribution in [0, 0.1) is 5.92 Å². The second-order valence-electron chi connectivity index (χ2n) is 11.2.